The number of benzene rings is 1. The van der Waals surface area contributed by atoms with Crippen molar-refractivity contribution in [3.05, 3.63) is 46.7 Å². The molecule has 2 aromatic rings. The molecule has 3 rings (SSSR count). The first-order chi connectivity index (χ1) is 10.7. The quantitative estimate of drug-likeness (QED) is 0.911. The molecule has 4 nitrogen and oxygen atoms in total. The molecular weight excluding hydrogens is 301 g/mol. The van der Waals surface area contributed by atoms with Crippen molar-refractivity contribution in [3.63, 3.8) is 0 Å². The Bertz CT molecular complexity index is 652. The molecule has 116 valence electrons. The number of thiazole rings is 1. The van der Waals surface area contributed by atoms with E-state index in [4.69, 9.17) is 0 Å². The van der Waals surface area contributed by atoms with Crippen molar-refractivity contribution in [3.8, 4) is 0 Å². The van der Waals surface area contributed by atoms with Crippen LogP contribution in [0.1, 0.15) is 29.2 Å². The lowest BCUT2D eigenvalue weighted by molar-refractivity contribution is -0.115. The SMILES string of the molecule is O=C(Cc1ccccc1F)Nc1ncc(C2CCNCC2)s1. The number of nitrogens with zero attached hydrogens (tertiary/aromatic N) is 1. The Hall–Kier alpha value is -1.79. The predicted molar refractivity (Wildman–Crippen MR) is 85.7 cm³/mol. The van der Waals surface area contributed by atoms with Gasteiger partial charge in [0.15, 0.2) is 5.13 Å². The molecule has 1 saturated heterocycles. The van der Waals surface area contributed by atoms with Gasteiger partial charge in [0, 0.05) is 11.1 Å². The maximum absolute atomic E-state index is 13.5. The number of piperidine rings is 1. The topological polar surface area (TPSA) is 54.0 Å². The van der Waals surface area contributed by atoms with Crippen LogP contribution >= 0.6 is 11.3 Å². The largest absolute Gasteiger partial charge is 0.317 e. The summed E-state index contributed by atoms with van der Waals surface area (Å²) in [6, 6.07) is 6.33. The molecule has 0 atom stereocenters. The molecule has 1 aliphatic rings. The Morgan fingerprint density at radius 3 is 2.91 bits per heavy atom. The first kappa shape index (κ1) is 15.1. The summed E-state index contributed by atoms with van der Waals surface area (Å²) in [5.41, 5.74) is 0.398. The molecule has 2 N–H and O–H groups in total. The molecular formula is C16H18FN3OS. The zero-order chi connectivity index (χ0) is 15.4. The Labute approximate surface area is 132 Å². The van der Waals surface area contributed by atoms with Gasteiger partial charge >= 0.3 is 0 Å². The molecule has 0 aliphatic carbocycles. The third-order valence-corrected chi connectivity index (χ3v) is 4.90. The highest BCUT2D eigenvalue weighted by atomic mass is 32.1. The number of rotatable bonds is 4. The zero-order valence-corrected chi connectivity index (χ0v) is 13.0. The number of carbonyl (C=O) groups is 1. The van der Waals surface area contributed by atoms with Gasteiger partial charge < -0.3 is 10.6 Å². The molecule has 2 heterocycles. The maximum atomic E-state index is 13.5. The number of nitrogens with one attached hydrogen (secondary N) is 2. The van der Waals surface area contributed by atoms with Crippen molar-refractivity contribution >= 4 is 22.4 Å². The normalized spacial score (nSPS) is 15.7. The van der Waals surface area contributed by atoms with Gasteiger partial charge in [-0.3, -0.25) is 4.79 Å². The van der Waals surface area contributed by atoms with E-state index in [1.165, 1.54) is 22.3 Å². The van der Waals surface area contributed by atoms with Gasteiger partial charge in [0.25, 0.3) is 0 Å². The average molecular weight is 319 g/mol. The first-order valence-corrected chi connectivity index (χ1v) is 8.24. The van der Waals surface area contributed by atoms with Crippen LogP contribution in [0.3, 0.4) is 0 Å². The van der Waals surface area contributed by atoms with E-state index in [0.717, 1.165) is 25.9 Å². The van der Waals surface area contributed by atoms with Crippen molar-refractivity contribution in [2.24, 2.45) is 0 Å². The Morgan fingerprint density at radius 1 is 1.36 bits per heavy atom. The van der Waals surface area contributed by atoms with E-state index < -0.39 is 0 Å². The summed E-state index contributed by atoms with van der Waals surface area (Å²) in [4.78, 5) is 17.5. The van der Waals surface area contributed by atoms with Crippen LogP contribution in [0.25, 0.3) is 0 Å². The number of aromatic nitrogens is 1. The number of carbonyl (C=O) groups excluding carboxylic acids is 1. The molecule has 0 saturated carbocycles. The van der Waals surface area contributed by atoms with Crippen molar-refractivity contribution < 1.29 is 9.18 Å². The summed E-state index contributed by atoms with van der Waals surface area (Å²) < 4.78 is 13.5. The number of hydrogen-bond donors (Lipinski definition) is 2. The van der Waals surface area contributed by atoms with E-state index in [1.807, 2.05) is 6.20 Å². The summed E-state index contributed by atoms with van der Waals surface area (Å²) in [7, 11) is 0. The second-order valence-corrected chi connectivity index (χ2v) is 6.47. The van der Waals surface area contributed by atoms with Crippen molar-refractivity contribution in [1.82, 2.24) is 10.3 Å². The third-order valence-electron chi connectivity index (χ3n) is 3.82. The minimum absolute atomic E-state index is 0.0228. The van der Waals surface area contributed by atoms with Crippen LogP contribution in [0.2, 0.25) is 0 Å². The smallest absolute Gasteiger partial charge is 0.230 e. The molecule has 0 bridgehead atoms. The van der Waals surface area contributed by atoms with E-state index in [-0.39, 0.29) is 18.1 Å². The van der Waals surface area contributed by atoms with Gasteiger partial charge in [-0.2, -0.15) is 0 Å². The Kier molecular flexibility index (Phi) is 4.80. The number of halogens is 1. The molecule has 0 radical (unpaired) electrons. The monoisotopic (exact) mass is 319 g/mol. The minimum Gasteiger partial charge on any atom is -0.317 e. The fourth-order valence-electron chi connectivity index (χ4n) is 2.62. The molecule has 1 aliphatic heterocycles. The fraction of sp³-hybridized carbons (Fsp3) is 0.375. The molecule has 0 spiro atoms. The number of hydrogen-bond acceptors (Lipinski definition) is 4. The van der Waals surface area contributed by atoms with E-state index in [0.29, 0.717) is 16.6 Å². The molecule has 1 fully saturated rings. The van der Waals surface area contributed by atoms with E-state index in [9.17, 15) is 9.18 Å². The average Bonchev–Trinajstić information content (AvgIpc) is 2.99. The van der Waals surface area contributed by atoms with Gasteiger partial charge in [0.05, 0.1) is 6.42 Å². The highest BCUT2D eigenvalue weighted by Gasteiger charge is 2.18. The molecule has 1 aromatic carbocycles. The second-order valence-electron chi connectivity index (χ2n) is 5.41. The van der Waals surface area contributed by atoms with E-state index >= 15 is 0 Å². The van der Waals surface area contributed by atoms with Crippen LogP contribution in [0.5, 0.6) is 0 Å². The third kappa shape index (κ3) is 3.69. The summed E-state index contributed by atoms with van der Waals surface area (Å²) in [6.45, 7) is 2.05. The van der Waals surface area contributed by atoms with Crippen LogP contribution in [-0.4, -0.2) is 24.0 Å². The lowest BCUT2D eigenvalue weighted by Gasteiger charge is -2.20. The first-order valence-electron chi connectivity index (χ1n) is 7.42. The van der Waals surface area contributed by atoms with Crippen molar-refractivity contribution in [2.45, 2.75) is 25.2 Å². The fourth-order valence-corrected chi connectivity index (χ4v) is 3.62. The maximum Gasteiger partial charge on any atom is 0.230 e. The second kappa shape index (κ2) is 6.98. The van der Waals surface area contributed by atoms with Crippen molar-refractivity contribution in [1.29, 1.82) is 0 Å². The molecule has 6 heteroatoms. The molecule has 0 unspecified atom stereocenters. The Balaban J connectivity index is 1.60. The van der Waals surface area contributed by atoms with Crippen molar-refractivity contribution in [2.75, 3.05) is 18.4 Å². The van der Waals surface area contributed by atoms with Crippen LogP contribution in [-0.2, 0) is 11.2 Å². The molecule has 1 amide bonds. The standard InChI is InChI=1S/C16H18FN3OS/c17-13-4-2-1-3-12(13)9-15(21)20-16-19-10-14(22-16)11-5-7-18-8-6-11/h1-4,10-11,18H,5-9H2,(H,19,20,21). The highest BCUT2D eigenvalue weighted by molar-refractivity contribution is 7.15. The molecule has 22 heavy (non-hydrogen) atoms. The predicted octanol–water partition coefficient (Wildman–Crippen LogP) is 2.93. The lowest BCUT2D eigenvalue weighted by atomic mass is 9.97. The minimum atomic E-state index is -0.354. The zero-order valence-electron chi connectivity index (χ0n) is 12.1. The van der Waals surface area contributed by atoms with E-state index in [1.54, 1.807) is 18.2 Å². The summed E-state index contributed by atoms with van der Waals surface area (Å²) in [5, 5.41) is 6.69. The van der Waals surface area contributed by atoms with Gasteiger partial charge in [-0.05, 0) is 43.5 Å². The van der Waals surface area contributed by atoms with Gasteiger partial charge in [0.2, 0.25) is 5.91 Å². The highest BCUT2D eigenvalue weighted by Crippen LogP contribution is 2.31. The van der Waals surface area contributed by atoms with Crippen LogP contribution in [0.15, 0.2) is 30.5 Å². The summed E-state index contributed by atoms with van der Waals surface area (Å²) >= 11 is 1.52. The van der Waals surface area contributed by atoms with Crippen LogP contribution in [0, 0.1) is 5.82 Å². The Morgan fingerprint density at radius 2 is 2.14 bits per heavy atom. The van der Waals surface area contributed by atoms with Crippen LogP contribution < -0.4 is 10.6 Å². The summed E-state index contributed by atoms with van der Waals surface area (Å²) in [5.74, 6) is -0.0699. The van der Waals surface area contributed by atoms with Gasteiger partial charge in [-0.1, -0.05) is 18.2 Å². The molecule has 1 aromatic heterocycles. The van der Waals surface area contributed by atoms with E-state index in [2.05, 4.69) is 15.6 Å². The number of amides is 1. The van der Waals surface area contributed by atoms with Gasteiger partial charge in [-0.15, -0.1) is 11.3 Å². The number of anilines is 1. The van der Waals surface area contributed by atoms with Gasteiger partial charge in [-0.25, -0.2) is 9.37 Å². The van der Waals surface area contributed by atoms with Gasteiger partial charge in [0.1, 0.15) is 5.82 Å². The lowest BCUT2D eigenvalue weighted by Crippen LogP contribution is -2.26. The summed E-state index contributed by atoms with van der Waals surface area (Å²) in [6.07, 6.45) is 4.07. The van der Waals surface area contributed by atoms with Crippen LogP contribution in [0.4, 0.5) is 9.52 Å².